The van der Waals surface area contributed by atoms with Gasteiger partial charge in [-0.1, -0.05) is 42.5 Å². The minimum Gasteiger partial charge on any atom is -0.488 e. The summed E-state index contributed by atoms with van der Waals surface area (Å²) in [6, 6.07) is 17.5. The summed E-state index contributed by atoms with van der Waals surface area (Å²) in [5, 5.41) is 2.02. The molecule has 0 unspecified atom stereocenters. The first-order valence-corrected chi connectivity index (χ1v) is 13.6. The molecular formula is C29H31FN2O4S. The number of carbonyl (C=O) groups excluding carboxylic acids is 2. The molecule has 0 saturated carbocycles. The lowest BCUT2D eigenvalue weighted by Crippen LogP contribution is -2.49. The van der Waals surface area contributed by atoms with Crippen LogP contribution in [0, 0.1) is 5.82 Å². The fraction of sp³-hybridized carbons (Fsp3) is 0.379. The van der Waals surface area contributed by atoms with Crippen LogP contribution in [0.15, 0.2) is 66.0 Å². The van der Waals surface area contributed by atoms with Crippen molar-refractivity contribution in [3.63, 3.8) is 0 Å². The Morgan fingerprint density at radius 3 is 2.70 bits per heavy atom. The van der Waals surface area contributed by atoms with E-state index in [0.29, 0.717) is 19.7 Å². The van der Waals surface area contributed by atoms with Crippen LogP contribution in [0.5, 0.6) is 5.75 Å². The maximum absolute atomic E-state index is 14.2. The second-order valence-electron chi connectivity index (χ2n) is 9.47. The molecule has 3 heterocycles. The zero-order chi connectivity index (χ0) is 25.6. The second-order valence-corrected chi connectivity index (χ2v) is 10.5. The normalized spacial score (nSPS) is 18.9. The van der Waals surface area contributed by atoms with Crippen LogP contribution in [0.25, 0.3) is 0 Å². The minimum absolute atomic E-state index is 0.0266. The summed E-state index contributed by atoms with van der Waals surface area (Å²) in [4.78, 5) is 31.7. The highest BCUT2D eigenvalue weighted by atomic mass is 32.1. The number of amides is 2. The summed E-state index contributed by atoms with van der Waals surface area (Å²) >= 11 is 1.66. The summed E-state index contributed by atoms with van der Waals surface area (Å²) < 4.78 is 25.9. The van der Waals surface area contributed by atoms with Crippen molar-refractivity contribution < 1.29 is 23.5 Å². The van der Waals surface area contributed by atoms with Crippen molar-refractivity contribution in [2.75, 3.05) is 32.8 Å². The summed E-state index contributed by atoms with van der Waals surface area (Å²) in [5.41, 5.74) is 1.94. The van der Waals surface area contributed by atoms with Crippen LogP contribution in [0.3, 0.4) is 0 Å². The molecule has 1 fully saturated rings. The molecule has 194 valence electrons. The standard InChI is InChI=1S/C29H31FN2O4S/c30-24-10-4-5-11-26(24)36-20-25-23-13-16-37-27(23)12-14-32(25)29(34)19-31(18-22-9-6-15-35-22)28(33)17-21-7-2-1-3-8-21/h1-5,7-8,10-11,13,16,22,25H,6,9,12,14-15,17-20H2/t22-,25-/m1/s1. The number of thiophene rings is 1. The van der Waals surface area contributed by atoms with Crippen LogP contribution in [-0.2, 0) is 27.2 Å². The molecule has 0 radical (unpaired) electrons. The van der Waals surface area contributed by atoms with Gasteiger partial charge in [-0.15, -0.1) is 11.3 Å². The second kappa shape index (κ2) is 11.9. The van der Waals surface area contributed by atoms with Gasteiger partial charge in [-0.05, 0) is 54.0 Å². The number of nitrogens with zero attached hydrogens (tertiary/aromatic N) is 2. The molecule has 0 N–H and O–H groups in total. The molecule has 8 heteroatoms. The number of ether oxygens (including phenoxy) is 2. The zero-order valence-electron chi connectivity index (χ0n) is 20.7. The largest absolute Gasteiger partial charge is 0.488 e. The van der Waals surface area contributed by atoms with Crippen LogP contribution in [0.2, 0.25) is 0 Å². The number of hydrogen-bond acceptors (Lipinski definition) is 5. The predicted molar refractivity (Wildman–Crippen MR) is 140 cm³/mol. The van der Waals surface area contributed by atoms with E-state index < -0.39 is 5.82 Å². The van der Waals surface area contributed by atoms with E-state index in [0.717, 1.165) is 30.4 Å². The van der Waals surface area contributed by atoms with Crippen molar-refractivity contribution in [3.8, 4) is 5.75 Å². The maximum atomic E-state index is 14.2. The van der Waals surface area contributed by atoms with Gasteiger partial charge in [-0.3, -0.25) is 9.59 Å². The molecule has 0 aliphatic carbocycles. The maximum Gasteiger partial charge on any atom is 0.242 e. The van der Waals surface area contributed by atoms with Gasteiger partial charge in [-0.2, -0.15) is 0 Å². The van der Waals surface area contributed by atoms with E-state index in [1.807, 2.05) is 41.8 Å². The van der Waals surface area contributed by atoms with E-state index in [-0.39, 0.29) is 49.3 Å². The topological polar surface area (TPSA) is 59.1 Å². The number of para-hydroxylation sites is 1. The van der Waals surface area contributed by atoms with Crippen LogP contribution >= 0.6 is 11.3 Å². The first-order chi connectivity index (χ1) is 18.1. The monoisotopic (exact) mass is 522 g/mol. The third kappa shape index (κ3) is 6.19. The molecule has 0 spiro atoms. The first kappa shape index (κ1) is 25.4. The Labute approximate surface area is 220 Å². The highest BCUT2D eigenvalue weighted by Crippen LogP contribution is 2.34. The average Bonchev–Trinajstić information content (AvgIpc) is 3.60. The number of benzene rings is 2. The zero-order valence-corrected chi connectivity index (χ0v) is 21.5. The van der Waals surface area contributed by atoms with Crippen LogP contribution in [0.1, 0.15) is 34.9 Å². The predicted octanol–water partition coefficient (Wildman–Crippen LogP) is 4.64. The van der Waals surface area contributed by atoms with Gasteiger partial charge in [0, 0.05) is 24.6 Å². The van der Waals surface area contributed by atoms with E-state index in [9.17, 15) is 14.0 Å². The molecule has 2 aromatic carbocycles. The smallest absolute Gasteiger partial charge is 0.242 e. The van der Waals surface area contributed by atoms with Crippen molar-refractivity contribution in [1.82, 2.24) is 9.80 Å². The van der Waals surface area contributed by atoms with Gasteiger partial charge in [0.15, 0.2) is 11.6 Å². The molecule has 1 saturated heterocycles. The van der Waals surface area contributed by atoms with Gasteiger partial charge in [0.25, 0.3) is 0 Å². The van der Waals surface area contributed by atoms with Gasteiger partial charge in [0.2, 0.25) is 11.8 Å². The summed E-state index contributed by atoms with van der Waals surface area (Å²) in [5.74, 6) is -0.507. The quantitative estimate of drug-likeness (QED) is 0.411. The number of halogens is 1. The lowest BCUT2D eigenvalue weighted by molar-refractivity contribution is -0.143. The van der Waals surface area contributed by atoms with Gasteiger partial charge in [0.05, 0.1) is 25.1 Å². The SMILES string of the molecule is O=C(Cc1ccccc1)N(CC(=O)N1CCc2sccc2[C@H]1COc1ccccc1F)C[C@H]1CCCO1. The van der Waals surface area contributed by atoms with E-state index in [1.54, 1.807) is 39.3 Å². The molecule has 0 bridgehead atoms. The lowest BCUT2D eigenvalue weighted by Gasteiger charge is -2.37. The molecule has 2 aliphatic heterocycles. The van der Waals surface area contributed by atoms with Crippen LogP contribution in [0.4, 0.5) is 4.39 Å². The molecule has 2 atom stereocenters. The minimum atomic E-state index is -0.434. The fourth-order valence-electron chi connectivity index (χ4n) is 5.03. The molecule has 37 heavy (non-hydrogen) atoms. The Balaban J connectivity index is 1.32. The molecule has 3 aromatic rings. The van der Waals surface area contributed by atoms with E-state index in [4.69, 9.17) is 9.47 Å². The number of carbonyl (C=O) groups is 2. The lowest BCUT2D eigenvalue weighted by atomic mass is 10.00. The van der Waals surface area contributed by atoms with Gasteiger partial charge in [-0.25, -0.2) is 4.39 Å². The van der Waals surface area contributed by atoms with E-state index >= 15 is 0 Å². The Hall–Kier alpha value is -3.23. The Bertz CT molecular complexity index is 1210. The molecule has 6 nitrogen and oxygen atoms in total. The summed E-state index contributed by atoms with van der Waals surface area (Å²) in [6.07, 6.45) is 2.76. The molecule has 5 rings (SSSR count). The van der Waals surface area contributed by atoms with Crippen LogP contribution < -0.4 is 4.74 Å². The fourth-order valence-corrected chi connectivity index (χ4v) is 5.96. The third-order valence-electron chi connectivity index (χ3n) is 6.97. The molecule has 2 aliphatic rings. The first-order valence-electron chi connectivity index (χ1n) is 12.7. The Kier molecular flexibility index (Phi) is 8.16. The van der Waals surface area contributed by atoms with Crippen molar-refractivity contribution >= 4 is 23.2 Å². The summed E-state index contributed by atoms with van der Waals surface area (Å²) in [7, 11) is 0. The highest BCUT2D eigenvalue weighted by Gasteiger charge is 2.34. The number of rotatable bonds is 9. The van der Waals surface area contributed by atoms with Gasteiger partial charge < -0.3 is 19.3 Å². The number of fused-ring (bicyclic) bond motifs is 1. The van der Waals surface area contributed by atoms with E-state index in [2.05, 4.69) is 0 Å². The van der Waals surface area contributed by atoms with Crippen molar-refractivity contribution in [3.05, 3.63) is 87.9 Å². The van der Waals surface area contributed by atoms with E-state index in [1.165, 1.54) is 10.9 Å². The van der Waals surface area contributed by atoms with Crippen molar-refractivity contribution in [1.29, 1.82) is 0 Å². The van der Waals surface area contributed by atoms with Crippen LogP contribution in [-0.4, -0.2) is 60.6 Å². The van der Waals surface area contributed by atoms with Crippen molar-refractivity contribution in [2.45, 2.75) is 37.8 Å². The molecule has 1 aromatic heterocycles. The molecule has 2 amide bonds. The summed E-state index contributed by atoms with van der Waals surface area (Å²) in [6.45, 7) is 1.72. The van der Waals surface area contributed by atoms with Gasteiger partial charge in [0.1, 0.15) is 6.61 Å². The number of hydrogen-bond donors (Lipinski definition) is 0. The Morgan fingerprint density at radius 1 is 1.11 bits per heavy atom. The van der Waals surface area contributed by atoms with Crippen molar-refractivity contribution in [2.24, 2.45) is 0 Å². The molecular weight excluding hydrogens is 491 g/mol. The Morgan fingerprint density at radius 2 is 1.92 bits per heavy atom. The van der Waals surface area contributed by atoms with Gasteiger partial charge >= 0.3 is 0 Å². The third-order valence-corrected chi connectivity index (χ3v) is 7.97. The highest BCUT2D eigenvalue weighted by molar-refractivity contribution is 7.10. The average molecular weight is 523 g/mol.